The maximum atomic E-state index is 11.7. The van der Waals surface area contributed by atoms with Crippen LogP contribution in [0.5, 0.6) is 0 Å². The molecule has 1 fully saturated rings. The molecule has 1 aliphatic rings. The van der Waals surface area contributed by atoms with E-state index < -0.39 is 0 Å². The maximum Gasteiger partial charge on any atom is 0.306 e. The normalized spacial score (nSPS) is 14.4. The number of rotatable bonds is 8. The lowest BCUT2D eigenvalue weighted by Crippen LogP contribution is -2.34. The molecule has 6 nitrogen and oxygen atoms in total. The second-order valence-electron chi connectivity index (χ2n) is 7.57. The van der Waals surface area contributed by atoms with Crippen molar-refractivity contribution >= 4 is 29.3 Å². The molecule has 1 N–H and O–H groups in total. The molecule has 30 heavy (non-hydrogen) atoms. The van der Waals surface area contributed by atoms with Crippen LogP contribution in [-0.2, 0) is 14.3 Å². The van der Waals surface area contributed by atoms with Gasteiger partial charge < -0.3 is 15.0 Å². The zero-order valence-electron chi connectivity index (χ0n) is 17.3. The predicted octanol–water partition coefficient (Wildman–Crippen LogP) is 4.08. The SMILES string of the molecule is CNC(=O)COC(=O)CCCC1CCN(c2ccc(-c3ccc(Cl)cc3)cn2)CC1. The van der Waals surface area contributed by atoms with E-state index in [1.54, 1.807) is 0 Å². The van der Waals surface area contributed by atoms with Crippen molar-refractivity contribution in [3.05, 3.63) is 47.6 Å². The van der Waals surface area contributed by atoms with E-state index in [0.717, 1.165) is 60.7 Å². The van der Waals surface area contributed by atoms with E-state index in [2.05, 4.69) is 27.3 Å². The predicted molar refractivity (Wildman–Crippen MR) is 118 cm³/mol. The van der Waals surface area contributed by atoms with Crippen LogP contribution in [0.4, 0.5) is 5.82 Å². The van der Waals surface area contributed by atoms with E-state index in [1.165, 1.54) is 7.05 Å². The number of piperidine rings is 1. The highest BCUT2D eigenvalue weighted by Gasteiger charge is 2.20. The fourth-order valence-electron chi connectivity index (χ4n) is 3.66. The summed E-state index contributed by atoms with van der Waals surface area (Å²) < 4.78 is 4.93. The number of ether oxygens (including phenoxy) is 1. The fraction of sp³-hybridized carbons (Fsp3) is 0.435. The van der Waals surface area contributed by atoms with Gasteiger partial charge in [-0.3, -0.25) is 9.59 Å². The second-order valence-corrected chi connectivity index (χ2v) is 8.00. The van der Waals surface area contributed by atoms with E-state index in [9.17, 15) is 9.59 Å². The number of pyridine rings is 1. The summed E-state index contributed by atoms with van der Waals surface area (Å²) in [5.74, 6) is 1.02. The molecular formula is C23H28ClN3O3. The Hall–Kier alpha value is -2.60. The van der Waals surface area contributed by atoms with Gasteiger partial charge in [0.05, 0.1) is 0 Å². The number of halogens is 1. The molecule has 1 saturated heterocycles. The van der Waals surface area contributed by atoms with Crippen LogP contribution in [0.15, 0.2) is 42.6 Å². The number of hydrogen-bond acceptors (Lipinski definition) is 5. The van der Waals surface area contributed by atoms with Crippen LogP contribution in [0.25, 0.3) is 11.1 Å². The van der Waals surface area contributed by atoms with Gasteiger partial charge in [-0.05, 0) is 61.4 Å². The highest BCUT2D eigenvalue weighted by Crippen LogP contribution is 2.27. The number of likely N-dealkylation sites (N-methyl/N-ethyl adjacent to an activating group) is 1. The van der Waals surface area contributed by atoms with Crippen LogP contribution in [0, 0.1) is 5.92 Å². The summed E-state index contributed by atoms with van der Waals surface area (Å²) in [6.07, 6.45) is 6.26. The van der Waals surface area contributed by atoms with E-state index >= 15 is 0 Å². The number of hydrogen-bond donors (Lipinski definition) is 1. The molecule has 2 aromatic rings. The van der Waals surface area contributed by atoms with Gasteiger partial charge in [-0.2, -0.15) is 0 Å². The number of nitrogens with zero attached hydrogens (tertiary/aromatic N) is 2. The summed E-state index contributed by atoms with van der Waals surface area (Å²) in [7, 11) is 1.52. The van der Waals surface area contributed by atoms with Crippen LogP contribution in [-0.4, -0.2) is 43.6 Å². The average Bonchev–Trinajstić information content (AvgIpc) is 2.78. The Kier molecular flexibility index (Phi) is 8.08. The van der Waals surface area contributed by atoms with Crippen molar-refractivity contribution in [3.63, 3.8) is 0 Å². The number of benzene rings is 1. The first kappa shape index (κ1) is 22.1. The molecule has 0 radical (unpaired) electrons. The minimum absolute atomic E-state index is 0.197. The first-order valence-corrected chi connectivity index (χ1v) is 10.8. The lowest BCUT2D eigenvalue weighted by atomic mass is 9.91. The first-order valence-electron chi connectivity index (χ1n) is 10.4. The number of anilines is 1. The molecule has 1 aliphatic heterocycles. The Morgan fingerprint density at radius 3 is 2.47 bits per heavy atom. The average molecular weight is 430 g/mol. The highest BCUT2D eigenvalue weighted by molar-refractivity contribution is 6.30. The number of carbonyl (C=O) groups excluding carboxylic acids is 2. The molecular weight excluding hydrogens is 402 g/mol. The van der Waals surface area contributed by atoms with Gasteiger partial charge in [0.25, 0.3) is 5.91 Å². The zero-order chi connectivity index (χ0) is 21.3. The first-order chi connectivity index (χ1) is 14.5. The molecule has 0 atom stereocenters. The monoisotopic (exact) mass is 429 g/mol. The van der Waals surface area contributed by atoms with Crippen LogP contribution in [0.2, 0.25) is 5.02 Å². The Morgan fingerprint density at radius 1 is 1.13 bits per heavy atom. The summed E-state index contributed by atoms with van der Waals surface area (Å²) in [5, 5.41) is 3.16. The van der Waals surface area contributed by atoms with Crippen LogP contribution < -0.4 is 10.2 Å². The van der Waals surface area contributed by atoms with Crippen molar-refractivity contribution in [1.29, 1.82) is 0 Å². The lowest BCUT2D eigenvalue weighted by molar-refractivity contribution is -0.148. The molecule has 2 heterocycles. The van der Waals surface area contributed by atoms with Gasteiger partial charge in [-0.25, -0.2) is 4.98 Å². The maximum absolute atomic E-state index is 11.7. The van der Waals surface area contributed by atoms with Crippen LogP contribution in [0.3, 0.4) is 0 Å². The van der Waals surface area contributed by atoms with Gasteiger partial charge in [-0.1, -0.05) is 23.7 Å². The summed E-state index contributed by atoms with van der Waals surface area (Å²) in [6, 6.07) is 11.9. The lowest BCUT2D eigenvalue weighted by Gasteiger charge is -2.32. The van der Waals surface area contributed by atoms with E-state index in [-0.39, 0.29) is 18.5 Å². The topological polar surface area (TPSA) is 71.5 Å². The van der Waals surface area contributed by atoms with Crippen molar-refractivity contribution in [2.75, 3.05) is 31.6 Å². The minimum Gasteiger partial charge on any atom is -0.456 e. The molecule has 7 heteroatoms. The molecule has 1 amide bonds. The molecule has 0 unspecified atom stereocenters. The Balaban J connectivity index is 1.39. The van der Waals surface area contributed by atoms with Crippen molar-refractivity contribution < 1.29 is 14.3 Å². The van der Waals surface area contributed by atoms with Crippen molar-refractivity contribution in [2.45, 2.75) is 32.1 Å². The van der Waals surface area contributed by atoms with E-state index in [4.69, 9.17) is 16.3 Å². The van der Waals surface area contributed by atoms with Gasteiger partial charge in [0.15, 0.2) is 6.61 Å². The van der Waals surface area contributed by atoms with Crippen molar-refractivity contribution in [3.8, 4) is 11.1 Å². The molecule has 160 valence electrons. The minimum atomic E-state index is -0.305. The smallest absolute Gasteiger partial charge is 0.306 e. The second kappa shape index (κ2) is 11.0. The number of esters is 1. The van der Waals surface area contributed by atoms with Gasteiger partial charge in [0.2, 0.25) is 0 Å². The summed E-state index contributed by atoms with van der Waals surface area (Å²) in [4.78, 5) is 29.7. The molecule has 0 saturated carbocycles. The quantitative estimate of drug-likeness (QED) is 0.640. The van der Waals surface area contributed by atoms with Crippen LogP contribution in [0.1, 0.15) is 32.1 Å². The zero-order valence-corrected chi connectivity index (χ0v) is 18.0. The van der Waals surface area contributed by atoms with E-state index in [1.807, 2.05) is 30.5 Å². The third-order valence-electron chi connectivity index (χ3n) is 5.50. The van der Waals surface area contributed by atoms with Gasteiger partial charge in [0, 0.05) is 43.3 Å². The molecule has 1 aromatic carbocycles. The van der Waals surface area contributed by atoms with Crippen LogP contribution >= 0.6 is 11.6 Å². The summed E-state index contributed by atoms with van der Waals surface area (Å²) >= 11 is 5.96. The molecule has 1 aromatic heterocycles. The third-order valence-corrected chi connectivity index (χ3v) is 5.75. The standard InChI is InChI=1S/C23H28ClN3O3/c1-25-22(28)16-30-23(29)4-2-3-17-11-13-27(14-12-17)21-10-7-19(15-26-21)18-5-8-20(24)9-6-18/h5-10,15,17H,2-4,11-14,16H2,1H3,(H,25,28). The van der Waals surface area contributed by atoms with Gasteiger partial charge >= 0.3 is 5.97 Å². The summed E-state index contributed by atoms with van der Waals surface area (Å²) in [5.41, 5.74) is 2.18. The highest BCUT2D eigenvalue weighted by atomic mass is 35.5. The summed E-state index contributed by atoms with van der Waals surface area (Å²) in [6.45, 7) is 1.75. The Labute approximate surface area is 182 Å². The van der Waals surface area contributed by atoms with Crippen molar-refractivity contribution in [1.82, 2.24) is 10.3 Å². The Morgan fingerprint density at radius 2 is 1.83 bits per heavy atom. The largest absolute Gasteiger partial charge is 0.456 e. The fourth-order valence-corrected chi connectivity index (χ4v) is 3.79. The molecule has 0 bridgehead atoms. The molecule has 3 rings (SSSR count). The number of nitrogens with one attached hydrogen (secondary N) is 1. The number of amides is 1. The number of aromatic nitrogens is 1. The van der Waals surface area contributed by atoms with E-state index in [0.29, 0.717) is 12.3 Å². The van der Waals surface area contributed by atoms with Gasteiger partial charge in [0.1, 0.15) is 5.82 Å². The third kappa shape index (κ3) is 6.46. The molecule has 0 aliphatic carbocycles. The molecule has 0 spiro atoms. The number of carbonyl (C=O) groups is 2. The Bertz CT molecular complexity index is 832. The van der Waals surface area contributed by atoms with Gasteiger partial charge in [-0.15, -0.1) is 0 Å². The van der Waals surface area contributed by atoms with Crippen molar-refractivity contribution in [2.24, 2.45) is 5.92 Å².